The van der Waals surface area contributed by atoms with Crippen molar-refractivity contribution >= 4 is 23.2 Å². The van der Waals surface area contributed by atoms with Crippen molar-refractivity contribution in [1.82, 2.24) is 9.38 Å². The maximum absolute atomic E-state index is 13.7. The number of fused-ring (bicyclic) bond motifs is 1. The van der Waals surface area contributed by atoms with Crippen LogP contribution in [0.4, 0.5) is 4.39 Å². The molecule has 3 N–H and O–H groups in total. The summed E-state index contributed by atoms with van der Waals surface area (Å²) in [5.74, 6) is -3.80. The largest absolute Gasteiger partial charge is 0.479 e. The Bertz CT molecular complexity index is 1170. The van der Waals surface area contributed by atoms with Crippen LogP contribution in [0.15, 0.2) is 30.5 Å². The highest BCUT2D eigenvalue weighted by atomic mass is 19.1. The summed E-state index contributed by atoms with van der Waals surface area (Å²) >= 11 is 0. The average Bonchev–Trinajstić information content (AvgIpc) is 2.98. The van der Waals surface area contributed by atoms with Crippen LogP contribution in [0.3, 0.4) is 0 Å². The van der Waals surface area contributed by atoms with E-state index in [4.69, 9.17) is 15.6 Å². The molecule has 0 unspecified atom stereocenters. The first-order valence-corrected chi connectivity index (χ1v) is 9.19. The van der Waals surface area contributed by atoms with Gasteiger partial charge < -0.3 is 20.0 Å². The molecule has 1 amide bonds. The Balaban J connectivity index is 2.33. The summed E-state index contributed by atoms with van der Waals surface area (Å²) in [5, 5.41) is 8.97. The van der Waals surface area contributed by atoms with Gasteiger partial charge in [0.05, 0.1) is 11.3 Å². The third-order valence-electron chi connectivity index (χ3n) is 4.61. The molecule has 8 nitrogen and oxygen atoms in total. The number of hydrogen-bond donors (Lipinski definition) is 2. The van der Waals surface area contributed by atoms with Crippen LogP contribution in [0.1, 0.15) is 39.8 Å². The zero-order chi connectivity index (χ0) is 22.0. The molecule has 30 heavy (non-hydrogen) atoms. The molecule has 0 fully saturated rings. The fraction of sp³-hybridized carbons (Fsp3) is 0.238. The van der Waals surface area contributed by atoms with E-state index in [1.807, 2.05) is 0 Å². The molecule has 3 aromatic rings. The van der Waals surface area contributed by atoms with Crippen LogP contribution in [-0.2, 0) is 22.4 Å². The van der Waals surface area contributed by atoms with E-state index in [0.717, 1.165) is 0 Å². The van der Waals surface area contributed by atoms with Crippen molar-refractivity contribution in [2.24, 2.45) is 5.73 Å². The second-order valence-electron chi connectivity index (χ2n) is 6.74. The Morgan fingerprint density at radius 1 is 1.30 bits per heavy atom. The summed E-state index contributed by atoms with van der Waals surface area (Å²) < 4.78 is 20.7. The topological polar surface area (TPSA) is 124 Å². The smallest absolute Gasteiger partial charge is 0.341 e. The molecular weight excluding hydrogens is 393 g/mol. The highest BCUT2D eigenvalue weighted by Crippen LogP contribution is 2.32. The summed E-state index contributed by atoms with van der Waals surface area (Å²) in [5.41, 5.74) is 7.77. The lowest BCUT2D eigenvalue weighted by Crippen LogP contribution is -2.24. The number of hydrogen-bond acceptors (Lipinski definition) is 5. The highest BCUT2D eigenvalue weighted by molar-refractivity contribution is 6.44. The number of ether oxygens (including phenoxy) is 1. The number of primary amides is 1. The number of carbonyl (C=O) groups is 3. The number of carboxylic acid groups (broad SMARTS) is 1. The molecule has 0 aliphatic carbocycles. The number of nitrogens with zero attached hydrogens (tertiary/aromatic N) is 2. The van der Waals surface area contributed by atoms with E-state index in [0.29, 0.717) is 28.9 Å². The van der Waals surface area contributed by atoms with Crippen LogP contribution in [-0.4, -0.2) is 38.8 Å². The third-order valence-corrected chi connectivity index (χ3v) is 4.61. The number of Topliss-reactive ketones (excluding diaryl/α,β-unsaturated/α-hetero) is 1. The van der Waals surface area contributed by atoms with E-state index < -0.39 is 30.1 Å². The number of aryl methyl sites for hydroxylation is 1. The van der Waals surface area contributed by atoms with Gasteiger partial charge >= 0.3 is 5.97 Å². The predicted molar refractivity (Wildman–Crippen MR) is 105 cm³/mol. The molecule has 0 radical (unpaired) electrons. The second-order valence-corrected chi connectivity index (χ2v) is 6.74. The SMILES string of the molecule is CCc1c(C(=O)C(N)=O)c2c(OCC(=O)O)nc(C)cn2c1Cc1cccc(F)c1. The molecule has 0 saturated carbocycles. The molecule has 0 spiro atoms. The molecule has 0 aliphatic rings. The molecular formula is C21H20FN3O5. The van der Waals surface area contributed by atoms with Crippen molar-refractivity contribution in [3.05, 3.63) is 64.4 Å². The Kier molecular flexibility index (Phi) is 5.81. The van der Waals surface area contributed by atoms with Gasteiger partial charge in [-0.1, -0.05) is 19.1 Å². The Morgan fingerprint density at radius 2 is 2.03 bits per heavy atom. The summed E-state index contributed by atoms with van der Waals surface area (Å²) in [6.07, 6.45) is 2.28. The summed E-state index contributed by atoms with van der Waals surface area (Å²) in [4.78, 5) is 39.6. The molecule has 3 rings (SSSR count). The molecule has 0 atom stereocenters. The van der Waals surface area contributed by atoms with Crippen LogP contribution in [0.2, 0.25) is 0 Å². The number of halogens is 1. The Hall–Kier alpha value is -3.75. The number of carboxylic acids is 1. The van der Waals surface area contributed by atoms with Crippen molar-refractivity contribution in [3.63, 3.8) is 0 Å². The van der Waals surface area contributed by atoms with E-state index >= 15 is 0 Å². The highest BCUT2D eigenvalue weighted by Gasteiger charge is 2.29. The molecule has 0 bridgehead atoms. The number of carbonyl (C=O) groups excluding carboxylic acids is 2. The van der Waals surface area contributed by atoms with Crippen LogP contribution >= 0.6 is 0 Å². The monoisotopic (exact) mass is 413 g/mol. The van der Waals surface area contributed by atoms with E-state index in [9.17, 15) is 18.8 Å². The lowest BCUT2D eigenvalue weighted by molar-refractivity contribution is -0.139. The third kappa shape index (κ3) is 4.00. The van der Waals surface area contributed by atoms with E-state index in [1.54, 1.807) is 36.6 Å². The fourth-order valence-corrected chi connectivity index (χ4v) is 3.48. The zero-order valence-electron chi connectivity index (χ0n) is 16.4. The van der Waals surface area contributed by atoms with Crippen LogP contribution in [0.5, 0.6) is 5.88 Å². The number of benzene rings is 1. The number of rotatable bonds is 8. The summed E-state index contributed by atoms with van der Waals surface area (Å²) in [7, 11) is 0. The molecule has 0 saturated heterocycles. The Morgan fingerprint density at radius 3 is 2.63 bits per heavy atom. The van der Waals surface area contributed by atoms with Gasteiger partial charge in [0.2, 0.25) is 5.88 Å². The van der Waals surface area contributed by atoms with Gasteiger partial charge in [-0.05, 0) is 36.6 Å². The maximum Gasteiger partial charge on any atom is 0.341 e. The van der Waals surface area contributed by atoms with Gasteiger partial charge in [0, 0.05) is 18.3 Å². The summed E-state index contributed by atoms with van der Waals surface area (Å²) in [6, 6.07) is 6.03. The average molecular weight is 413 g/mol. The number of aromatic nitrogens is 2. The van der Waals surface area contributed by atoms with Crippen LogP contribution in [0.25, 0.3) is 5.52 Å². The first kappa shape index (κ1) is 21.0. The van der Waals surface area contributed by atoms with Gasteiger partial charge in [-0.3, -0.25) is 9.59 Å². The van der Waals surface area contributed by atoms with E-state index in [1.165, 1.54) is 12.1 Å². The minimum absolute atomic E-state index is 0.0179. The number of amides is 1. The fourth-order valence-electron chi connectivity index (χ4n) is 3.48. The van der Waals surface area contributed by atoms with Gasteiger partial charge in [0.1, 0.15) is 11.3 Å². The van der Waals surface area contributed by atoms with Gasteiger partial charge in [0.15, 0.2) is 6.61 Å². The van der Waals surface area contributed by atoms with Crippen molar-refractivity contribution < 1.29 is 28.6 Å². The maximum atomic E-state index is 13.7. The zero-order valence-corrected chi connectivity index (χ0v) is 16.4. The number of ketones is 1. The van der Waals surface area contributed by atoms with Crippen LogP contribution in [0, 0.1) is 12.7 Å². The van der Waals surface area contributed by atoms with Crippen molar-refractivity contribution in [1.29, 1.82) is 0 Å². The van der Waals surface area contributed by atoms with Gasteiger partial charge in [-0.15, -0.1) is 0 Å². The van der Waals surface area contributed by atoms with Crippen molar-refractivity contribution in [2.45, 2.75) is 26.7 Å². The first-order chi connectivity index (χ1) is 14.2. The minimum Gasteiger partial charge on any atom is -0.479 e. The lowest BCUT2D eigenvalue weighted by Gasteiger charge is -2.10. The summed E-state index contributed by atoms with van der Waals surface area (Å²) in [6.45, 7) is 2.81. The standard InChI is InChI=1S/C21H20FN3O5/c1-3-14-15(8-12-5-4-6-13(22)7-12)25-9-11(2)24-21(30-10-16(26)27)18(25)17(14)19(28)20(23)29/h4-7,9H,3,8,10H2,1-2H3,(H2,23,29)(H,26,27). The quantitative estimate of drug-likeness (QED) is 0.430. The second kappa shape index (κ2) is 8.32. The van der Waals surface area contributed by atoms with Crippen LogP contribution < -0.4 is 10.5 Å². The molecule has 2 heterocycles. The Labute approximate surface area is 171 Å². The molecule has 2 aromatic heterocycles. The predicted octanol–water partition coefficient (Wildman–Crippen LogP) is 2.07. The first-order valence-electron chi connectivity index (χ1n) is 9.19. The van der Waals surface area contributed by atoms with Gasteiger partial charge in [-0.25, -0.2) is 14.2 Å². The molecule has 0 aliphatic heterocycles. The van der Waals surface area contributed by atoms with E-state index in [-0.39, 0.29) is 23.4 Å². The lowest BCUT2D eigenvalue weighted by atomic mass is 9.99. The molecule has 9 heteroatoms. The number of aliphatic carboxylic acids is 1. The molecule has 156 valence electrons. The van der Waals surface area contributed by atoms with E-state index in [2.05, 4.69) is 4.98 Å². The van der Waals surface area contributed by atoms with Crippen molar-refractivity contribution in [3.8, 4) is 5.88 Å². The minimum atomic E-state index is -1.22. The molecule has 1 aromatic carbocycles. The van der Waals surface area contributed by atoms with Crippen molar-refractivity contribution in [2.75, 3.05) is 6.61 Å². The number of nitrogens with two attached hydrogens (primary N) is 1. The van der Waals surface area contributed by atoms with Gasteiger partial charge in [-0.2, -0.15) is 0 Å². The normalized spacial score (nSPS) is 10.9. The van der Waals surface area contributed by atoms with Gasteiger partial charge in [0.25, 0.3) is 11.7 Å².